The molecule has 0 aliphatic carbocycles. The summed E-state index contributed by atoms with van der Waals surface area (Å²) < 4.78 is 0. The predicted molar refractivity (Wildman–Crippen MR) is 204 cm³/mol. The molecular formula is C27H43Cl2KNa4O14S7. The number of carbonyl (C=O) groups is 8. The fraction of sp³-hybridized carbons (Fsp3) is 0.704. The Balaban J connectivity index is -0.0000000494. The minimum atomic E-state index is -1.23. The van der Waals surface area contributed by atoms with Gasteiger partial charge in [0.1, 0.15) is 0 Å². The molecule has 1 fully saturated rings. The molecule has 296 valence electrons. The smallest absolute Gasteiger partial charge is 1.00 e. The molecule has 0 amide bonds. The molecule has 1 aliphatic rings. The molecule has 0 unspecified atom stereocenters. The zero-order chi connectivity index (χ0) is 40.9. The largest absolute Gasteiger partial charge is 1.00 e. The maximum Gasteiger partial charge on any atom is 1.00 e. The van der Waals surface area contributed by atoms with E-state index in [4.69, 9.17) is 43.5 Å². The fourth-order valence-electron chi connectivity index (χ4n) is 1.52. The molecule has 1 rings (SSSR count). The van der Waals surface area contributed by atoms with Crippen LogP contribution in [-0.2, 0) is 55.9 Å². The van der Waals surface area contributed by atoms with Gasteiger partial charge in [0.25, 0.3) is 6.47 Å². The van der Waals surface area contributed by atoms with Gasteiger partial charge in [0.2, 0.25) is 0 Å². The molecule has 0 bridgehead atoms. The number of halogens is 2. The van der Waals surface area contributed by atoms with E-state index in [2.05, 4.69) is 42.8 Å². The van der Waals surface area contributed by atoms with Gasteiger partial charge in [-0.05, 0) is 20.8 Å². The Kier molecular flexibility index (Phi) is 73.3. The molecule has 0 saturated carbocycles. The van der Waals surface area contributed by atoms with E-state index in [9.17, 15) is 43.8 Å². The standard InChI is InChI=1S/C9H14O4S2.C5H8Cl2O2.C5H8O2S2.C5H10O2S2.C2H4OS.CH2O3.K.4Na.H/c1-6(10)14-4-9(3,8(12)13)5-15-7(2)11;1-5(2-6,3-7)4(8)9;1-5(4(6)7)2-8-9-3-5;1-5(2-8,3-9)4(6)7;1-2(3)4;2-1-4-3;;;;;;/h4-5H2,1-3H3,(H,12,13);2-3H2,1H3,(H,8,9);2-3H2,1H3,(H,6,7);8-9H,2-3H2,1H3,(H,6,7);1H3,(H,3,4);1,3H;;;;;;/q;;;;;;5*+1;-1/p-4. The monoisotopic (exact) mass is 1020 g/mol. The number of hydrogen-bond acceptors (Lipinski definition) is 19. The molecule has 0 spiro atoms. The number of thioether (sulfide) groups is 2. The van der Waals surface area contributed by atoms with Crippen LogP contribution in [0, 0.1) is 21.7 Å². The number of carboxylic acid groups (broad SMARTS) is 4. The van der Waals surface area contributed by atoms with Crippen LogP contribution in [0.15, 0.2) is 0 Å². The molecule has 0 aromatic heterocycles. The molecule has 2 N–H and O–H groups in total. The number of carboxylic acids is 4. The number of alkyl halides is 2. The maximum absolute atomic E-state index is 10.9. The van der Waals surface area contributed by atoms with Gasteiger partial charge >= 0.3 is 182 Å². The normalized spacial score (nSPS) is 11.6. The van der Waals surface area contributed by atoms with Gasteiger partial charge in [-0.15, -0.1) is 23.2 Å². The number of thiol groups is 2. The van der Waals surface area contributed by atoms with Gasteiger partial charge in [-0.3, -0.25) is 24.0 Å². The summed E-state index contributed by atoms with van der Waals surface area (Å²) >= 11 is 24.2. The van der Waals surface area contributed by atoms with E-state index in [0.29, 0.717) is 0 Å². The van der Waals surface area contributed by atoms with Crippen LogP contribution >= 0.6 is 93.6 Å². The first-order valence-corrected chi connectivity index (χ1v) is 20.6. The average Bonchev–Trinajstić information content (AvgIpc) is 3.50. The summed E-state index contributed by atoms with van der Waals surface area (Å²) in [6.07, 6.45) is 0. The van der Waals surface area contributed by atoms with Gasteiger partial charge in [0.15, 0.2) is 10.2 Å². The van der Waals surface area contributed by atoms with E-state index in [0.717, 1.165) is 35.0 Å². The molecule has 1 heterocycles. The molecule has 1 aliphatic heterocycles. The summed E-state index contributed by atoms with van der Waals surface area (Å²) in [6, 6.07) is 0. The number of carbonyl (C=O) groups excluding carboxylic acids is 6. The summed E-state index contributed by atoms with van der Waals surface area (Å²) in [7, 11) is 3.29. The second-order valence-corrected chi connectivity index (χ2v) is 17.3. The topological polar surface area (TPSA) is 255 Å². The Hall–Kier alpha value is 4.86. The van der Waals surface area contributed by atoms with E-state index < -0.39 is 45.5 Å². The van der Waals surface area contributed by atoms with E-state index in [-0.39, 0.29) is 228 Å². The van der Waals surface area contributed by atoms with Gasteiger partial charge in [-0.25, -0.2) is 0 Å². The van der Waals surface area contributed by atoms with Crippen LogP contribution in [-0.4, -0.2) is 102 Å². The fourth-order valence-corrected chi connectivity index (χ4v) is 7.63. The van der Waals surface area contributed by atoms with Crippen molar-refractivity contribution < 1.29 is 240 Å². The Morgan fingerprint density at radius 2 is 1.09 bits per heavy atom. The van der Waals surface area contributed by atoms with Crippen molar-refractivity contribution in [1.82, 2.24) is 0 Å². The van der Waals surface area contributed by atoms with Gasteiger partial charge in [0.05, 0.1) is 10.8 Å². The zero-order valence-electron chi connectivity index (χ0n) is 34.2. The van der Waals surface area contributed by atoms with Crippen LogP contribution in [0.1, 0.15) is 49.9 Å². The first-order valence-electron chi connectivity index (χ1n) is 13.4. The van der Waals surface area contributed by atoms with Crippen molar-refractivity contribution in [2.24, 2.45) is 21.7 Å². The van der Waals surface area contributed by atoms with E-state index in [1.165, 1.54) is 34.6 Å². The van der Waals surface area contributed by atoms with Crippen molar-refractivity contribution in [3.05, 3.63) is 0 Å². The summed E-state index contributed by atoms with van der Waals surface area (Å²) in [5.74, 6) is -1.57. The third-order valence-electron chi connectivity index (χ3n) is 5.37. The predicted octanol–water partition coefficient (Wildman–Crippen LogP) is -13.4. The zero-order valence-corrected chi connectivity index (χ0v) is 51.7. The average molecular weight is 1020 g/mol. The summed E-state index contributed by atoms with van der Waals surface area (Å²) in [4.78, 5) is 83.9. The molecule has 28 heteroatoms. The maximum atomic E-state index is 10.9. The number of rotatable bonds is 13. The quantitative estimate of drug-likeness (QED) is 0.0195. The Morgan fingerprint density at radius 1 is 0.818 bits per heavy atom. The van der Waals surface area contributed by atoms with E-state index >= 15 is 0 Å². The van der Waals surface area contributed by atoms with Gasteiger partial charge in [-0.2, -0.15) is 25.3 Å². The first-order chi connectivity index (χ1) is 22.7. The first kappa shape index (κ1) is 83.4. The number of aliphatic carboxylic acids is 4. The second-order valence-electron chi connectivity index (χ2n) is 10.8. The van der Waals surface area contributed by atoms with Crippen LogP contribution in [0.5, 0.6) is 0 Å². The van der Waals surface area contributed by atoms with Gasteiger partial charge < -0.3 is 59.0 Å². The molecule has 0 aromatic carbocycles. The van der Waals surface area contributed by atoms with Crippen LogP contribution in [0.4, 0.5) is 0 Å². The molecule has 0 radical (unpaired) electrons. The number of hydrogen-bond donors (Lipinski definition) is 4. The Bertz CT molecular complexity index is 1040. The van der Waals surface area contributed by atoms with Crippen LogP contribution in [0.25, 0.3) is 0 Å². The van der Waals surface area contributed by atoms with E-state index in [1.54, 1.807) is 35.4 Å². The molecule has 0 atom stereocenters. The van der Waals surface area contributed by atoms with Crippen molar-refractivity contribution in [2.45, 2.75) is 48.5 Å². The SMILES string of the molecule is CC(=O)SCC(C)(CSC(C)=O)C(=O)[O-].CC(=O)[S-].CC(CCl)(CCl)C(=O)O.CC(CS)(CS)C(=O)[O-].CC1(C(=O)O)CSSC1.O=CO[O-].[H-].[K+].[Na+].[Na+].[Na+].[Na+]. The van der Waals surface area contributed by atoms with Crippen LogP contribution < -0.4 is 185 Å². The molecule has 0 aromatic rings. The van der Waals surface area contributed by atoms with Gasteiger partial charge in [-0.1, -0.05) is 59.0 Å². The summed E-state index contributed by atoms with van der Waals surface area (Å²) in [5.41, 5.74) is -3.46. The Morgan fingerprint density at radius 3 is 1.18 bits per heavy atom. The summed E-state index contributed by atoms with van der Waals surface area (Å²) in [5, 5.41) is 46.2. The third kappa shape index (κ3) is 48.2. The molecule has 55 heavy (non-hydrogen) atoms. The van der Waals surface area contributed by atoms with Crippen LogP contribution in [0.2, 0.25) is 0 Å². The van der Waals surface area contributed by atoms with Crippen molar-refractivity contribution in [3.8, 4) is 0 Å². The second kappa shape index (κ2) is 48.3. The van der Waals surface area contributed by atoms with Crippen molar-refractivity contribution in [3.63, 3.8) is 0 Å². The van der Waals surface area contributed by atoms with Crippen molar-refractivity contribution in [2.75, 3.05) is 46.3 Å². The van der Waals surface area contributed by atoms with E-state index in [1.807, 2.05) is 0 Å². The molecule has 1 saturated heterocycles. The molecule has 14 nitrogen and oxygen atoms in total. The van der Waals surface area contributed by atoms with Gasteiger partial charge in [0, 0.05) is 88.0 Å². The van der Waals surface area contributed by atoms with Crippen LogP contribution in [0.3, 0.4) is 0 Å². The summed E-state index contributed by atoms with van der Waals surface area (Å²) in [6.45, 7) is 10.3. The minimum Gasteiger partial charge on any atom is -1.00 e. The van der Waals surface area contributed by atoms with Crippen molar-refractivity contribution in [1.29, 1.82) is 0 Å². The molecular weight excluding hydrogens is 975 g/mol. The third-order valence-corrected chi connectivity index (χ3v) is 13.2. The van der Waals surface area contributed by atoms with Crippen molar-refractivity contribution >= 4 is 152 Å². The Labute approximate surface area is 499 Å². The minimum absolute atomic E-state index is 0.